The van der Waals surface area contributed by atoms with Gasteiger partial charge in [-0.3, -0.25) is 0 Å². The number of rotatable bonds is 6. The Bertz CT molecular complexity index is 3470. The van der Waals surface area contributed by atoms with E-state index in [1.54, 1.807) is 0 Å². The van der Waals surface area contributed by atoms with Crippen molar-refractivity contribution in [3.63, 3.8) is 0 Å². The number of benzene rings is 6. The summed E-state index contributed by atoms with van der Waals surface area (Å²) in [5.41, 5.74) is 22.6. The first-order valence-corrected chi connectivity index (χ1v) is 21.4. The molecular formula is C57H40N4. The molecule has 2 aromatic heterocycles. The minimum atomic E-state index is -0.404. The van der Waals surface area contributed by atoms with E-state index >= 15 is 0 Å². The Hall–Kier alpha value is -7.61. The molecule has 8 aromatic rings. The third kappa shape index (κ3) is 5.04. The number of fused-ring (bicyclic) bond motifs is 11. The summed E-state index contributed by atoms with van der Waals surface area (Å²) in [6.45, 7) is 4.47. The molecule has 0 radical (unpaired) electrons. The summed E-state index contributed by atoms with van der Waals surface area (Å²) in [6, 6.07) is 47.6. The highest BCUT2D eigenvalue weighted by molar-refractivity contribution is 6.05. The summed E-state index contributed by atoms with van der Waals surface area (Å²) in [6.07, 6.45) is 16.9. The molecule has 0 aliphatic heterocycles. The molecule has 0 amide bonds. The second kappa shape index (κ2) is 13.7. The van der Waals surface area contributed by atoms with Gasteiger partial charge in [-0.2, -0.15) is 0 Å². The highest BCUT2D eigenvalue weighted by Crippen LogP contribution is 2.64. The molecule has 6 aromatic carbocycles. The predicted molar refractivity (Wildman–Crippen MR) is 250 cm³/mol. The summed E-state index contributed by atoms with van der Waals surface area (Å²) in [7, 11) is 0. The Morgan fingerprint density at radius 2 is 1.34 bits per heavy atom. The molecule has 0 saturated carbocycles. The fourth-order valence-electron chi connectivity index (χ4n) is 10.6. The van der Waals surface area contributed by atoms with E-state index < -0.39 is 5.41 Å². The topological polar surface area (TPSA) is 43.6 Å². The van der Waals surface area contributed by atoms with Gasteiger partial charge in [-0.15, -0.1) is 0 Å². The van der Waals surface area contributed by atoms with Gasteiger partial charge in [0.15, 0.2) is 17.5 Å². The van der Waals surface area contributed by atoms with Crippen molar-refractivity contribution in [2.45, 2.75) is 38.5 Å². The minimum Gasteiger partial charge on any atom is -0.308 e. The van der Waals surface area contributed by atoms with E-state index in [1.165, 1.54) is 49.9 Å². The Morgan fingerprint density at radius 3 is 2.10 bits per heavy atom. The van der Waals surface area contributed by atoms with Crippen LogP contribution in [0.25, 0.3) is 84.5 Å². The van der Waals surface area contributed by atoms with E-state index in [0.29, 0.717) is 17.5 Å². The average Bonchev–Trinajstić information content (AvgIpc) is 3.91. The van der Waals surface area contributed by atoms with Crippen molar-refractivity contribution in [1.82, 2.24) is 19.5 Å². The Kier molecular flexibility index (Phi) is 7.95. The smallest absolute Gasteiger partial charge is 0.164 e. The molecule has 1 atom stereocenters. The van der Waals surface area contributed by atoms with Crippen molar-refractivity contribution < 1.29 is 0 Å². The van der Waals surface area contributed by atoms with E-state index in [9.17, 15) is 0 Å². The maximum atomic E-state index is 5.15. The molecule has 0 bridgehead atoms. The number of nitrogens with zero attached hydrogens (tertiary/aromatic N) is 4. The van der Waals surface area contributed by atoms with Crippen LogP contribution in [-0.2, 0) is 5.41 Å². The molecule has 4 aliphatic carbocycles. The van der Waals surface area contributed by atoms with Gasteiger partial charge in [0.05, 0.1) is 27.2 Å². The maximum absolute atomic E-state index is 5.15. The molecule has 1 unspecified atom stereocenters. The van der Waals surface area contributed by atoms with Crippen LogP contribution in [0.5, 0.6) is 0 Å². The lowest BCUT2D eigenvalue weighted by Crippen LogP contribution is -2.28. The Balaban J connectivity index is 1.14. The van der Waals surface area contributed by atoms with Gasteiger partial charge in [0, 0.05) is 27.5 Å². The molecule has 4 heteroatoms. The molecule has 12 rings (SSSR count). The van der Waals surface area contributed by atoms with Crippen LogP contribution >= 0.6 is 0 Å². The van der Waals surface area contributed by atoms with Crippen molar-refractivity contribution >= 4 is 44.6 Å². The first kappa shape index (κ1) is 35.3. The van der Waals surface area contributed by atoms with Crippen LogP contribution in [0.15, 0.2) is 181 Å². The van der Waals surface area contributed by atoms with E-state index in [-0.39, 0.29) is 0 Å². The number of allylic oxidation sites excluding steroid dienone is 9. The lowest BCUT2D eigenvalue weighted by atomic mass is 9.68. The maximum Gasteiger partial charge on any atom is 0.164 e. The standard InChI is InChI=1S/C57H40N4/c1-3-19-47-38(4-2)45-34-46-43-28-15-18-31-51(43)61(53(46)35-50(45)57(47)48-29-16-13-25-40(48)41-26-14-17-30-49(41)57)52-33-32-44(39-24-11-12-27-42(39)52)56-59-54(36-20-7-5-8-21-36)58-55(60-56)37-22-9-6-10-23-37/h3,5-13,16,18-27,29-35H,4,14,17H2,1-2H3/b19-3-. The molecule has 1 spiro atoms. The van der Waals surface area contributed by atoms with Gasteiger partial charge >= 0.3 is 0 Å². The zero-order valence-corrected chi connectivity index (χ0v) is 34.1. The van der Waals surface area contributed by atoms with Crippen LogP contribution in [0.3, 0.4) is 0 Å². The van der Waals surface area contributed by atoms with Crippen molar-refractivity contribution in [3.8, 4) is 39.9 Å². The normalized spacial score (nSPS) is 17.0. The fourth-order valence-corrected chi connectivity index (χ4v) is 10.6. The first-order valence-electron chi connectivity index (χ1n) is 21.4. The quantitative estimate of drug-likeness (QED) is 0.158. The van der Waals surface area contributed by atoms with Gasteiger partial charge in [-0.25, -0.2) is 15.0 Å². The molecule has 0 saturated heterocycles. The monoisotopic (exact) mass is 780 g/mol. The zero-order chi connectivity index (χ0) is 40.7. The lowest BCUT2D eigenvalue weighted by Gasteiger charge is -2.33. The van der Waals surface area contributed by atoms with E-state index in [4.69, 9.17) is 15.0 Å². The van der Waals surface area contributed by atoms with Gasteiger partial charge in [-0.05, 0) is 113 Å². The average molecular weight is 781 g/mol. The van der Waals surface area contributed by atoms with Crippen LogP contribution < -0.4 is 10.6 Å². The van der Waals surface area contributed by atoms with E-state index in [1.807, 2.05) is 42.5 Å². The van der Waals surface area contributed by atoms with Crippen molar-refractivity contribution in [1.29, 1.82) is 0 Å². The summed E-state index contributed by atoms with van der Waals surface area (Å²) >= 11 is 0. The predicted octanol–water partition coefficient (Wildman–Crippen LogP) is 12.0. The van der Waals surface area contributed by atoms with Crippen LogP contribution in [0.4, 0.5) is 0 Å². The summed E-state index contributed by atoms with van der Waals surface area (Å²) in [5.74, 6) is 1.93. The van der Waals surface area contributed by atoms with Gasteiger partial charge in [0.2, 0.25) is 0 Å². The first-order chi connectivity index (χ1) is 30.2. The largest absolute Gasteiger partial charge is 0.308 e. The number of hydrogen-bond acceptors (Lipinski definition) is 3. The third-order valence-electron chi connectivity index (χ3n) is 13.1. The van der Waals surface area contributed by atoms with Crippen molar-refractivity contribution in [2.24, 2.45) is 0 Å². The van der Waals surface area contributed by atoms with Crippen LogP contribution in [0, 0.1) is 0 Å². The molecule has 2 heterocycles. The Labute approximate surface area is 354 Å². The second-order valence-electron chi connectivity index (χ2n) is 16.2. The zero-order valence-electron chi connectivity index (χ0n) is 34.1. The van der Waals surface area contributed by atoms with Gasteiger partial charge in [0.25, 0.3) is 0 Å². The summed E-state index contributed by atoms with van der Waals surface area (Å²) in [5, 5.41) is 5.53. The molecule has 288 valence electrons. The molecule has 0 fully saturated rings. The summed E-state index contributed by atoms with van der Waals surface area (Å²) in [4.78, 5) is 15.3. The van der Waals surface area contributed by atoms with E-state index in [2.05, 4.69) is 157 Å². The molecular weight excluding hydrogens is 741 g/mol. The third-order valence-corrected chi connectivity index (χ3v) is 13.1. The number of aromatic nitrogens is 4. The van der Waals surface area contributed by atoms with Crippen LogP contribution in [0.1, 0.15) is 55.4 Å². The number of hydrogen-bond donors (Lipinski definition) is 0. The van der Waals surface area contributed by atoms with Crippen LogP contribution in [-0.4, -0.2) is 19.5 Å². The van der Waals surface area contributed by atoms with Gasteiger partial charge < -0.3 is 4.57 Å². The highest BCUT2D eigenvalue weighted by Gasteiger charge is 2.54. The van der Waals surface area contributed by atoms with E-state index in [0.717, 1.165) is 68.5 Å². The van der Waals surface area contributed by atoms with Crippen LogP contribution in [0.2, 0.25) is 0 Å². The molecule has 61 heavy (non-hydrogen) atoms. The Morgan fingerprint density at radius 1 is 0.656 bits per heavy atom. The molecule has 0 N–H and O–H groups in total. The van der Waals surface area contributed by atoms with Crippen molar-refractivity contribution in [3.05, 3.63) is 214 Å². The molecule has 4 aliphatic rings. The van der Waals surface area contributed by atoms with Gasteiger partial charge in [0.1, 0.15) is 0 Å². The van der Waals surface area contributed by atoms with Crippen molar-refractivity contribution in [2.75, 3.05) is 0 Å². The fraction of sp³-hybridized carbons (Fsp3) is 0.105. The SMILES string of the molecule is C/C=C\C1=C(CC)c2cc3c4c(n(-c5ccc(-c6nc(-c7ccccc7)nc(-c7ccccc7)n6)c6ccccc56)c3cc2C12C1=CCCC=C1c1ccccc12)=CC=C=C=4. The second-order valence-corrected chi connectivity index (χ2v) is 16.2. The lowest BCUT2D eigenvalue weighted by molar-refractivity contribution is 0.774. The van der Waals surface area contributed by atoms with Gasteiger partial charge in [-0.1, -0.05) is 152 Å². The molecule has 4 nitrogen and oxygen atoms in total. The summed E-state index contributed by atoms with van der Waals surface area (Å²) < 4.78 is 2.46. The minimum absolute atomic E-state index is 0.404. The highest BCUT2D eigenvalue weighted by atomic mass is 15.0.